The molecule has 14 heteroatoms. The molecule has 0 unspecified atom stereocenters. The van der Waals surface area contributed by atoms with Gasteiger partial charge < -0.3 is 39.9 Å². The van der Waals surface area contributed by atoms with Crippen molar-refractivity contribution < 1.29 is 28.7 Å². The summed E-state index contributed by atoms with van der Waals surface area (Å²) >= 11 is 0. The van der Waals surface area contributed by atoms with Crippen LogP contribution < -0.4 is 10.6 Å². The summed E-state index contributed by atoms with van der Waals surface area (Å²) in [4.78, 5) is 74.2. The van der Waals surface area contributed by atoms with Crippen LogP contribution in [0, 0.1) is 0 Å². The van der Waals surface area contributed by atoms with E-state index in [1.54, 1.807) is 0 Å². The van der Waals surface area contributed by atoms with Crippen molar-refractivity contribution in [2.75, 3.05) is 13.1 Å². The van der Waals surface area contributed by atoms with E-state index in [1.165, 1.54) is 0 Å². The maximum atomic E-state index is 14.2. The summed E-state index contributed by atoms with van der Waals surface area (Å²) in [6, 6.07) is 33.0. The minimum absolute atomic E-state index is 0.0916. The first-order chi connectivity index (χ1) is 32.3. The predicted octanol–water partition coefficient (Wildman–Crippen LogP) is 9.50. The van der Waals surface area contributed by atoms with Crippen molar-refractivity contribution in [2.45, 2.75) is 101 Å². The average Bonchev–Trinajstić information content (AvgIpc) is 4.18. The summed E-state index contributed by atoms with van der Waals surface area (Å²) in [7, 11) is 0. The molecule has 10 rings (SSSR count). The highest BCUT2D eigenvalue weighted by Gasteiger charge is 2.39. The highest BCUT2D eigenvalue weighted by Crippen LogP contribution is 2.37. The number of hydrogen-bond acceptors (Lipinski definition) is 8. The Labute approximate surface area is 383 Å². The Bertz CT molecular complexity index is 2460. The Morgan fingerprint density at radius 1 is 0.500 bits per heavy atom. The standard InChI is InChI=1S/C52H54N8O6/c61-49(45(37-11-3-1-4-12-37)57-51(63)65-39-15-7-16-39)59-29-9-19-43(59)47-53-31-41(55-47)35-25-21-33(22-26-35)34-23-27-36(28-24-34)42-32-54-48(56-42)44-20-10-30-60(44)50(62)46(38-13-5-2-6-14-38)58-52(64)66-40-17-8-18-40/h1-6,11-14,21-28,31-32,39-40,43-46H,7-10,15-20,29-30H2,(H,53,55)(H,54,56)(H,57,63)(H,58,64)/t43-,44+,45-,46-/m1/s1. The number of nitrogens with zero attached hydrogens (tertiary/aromatic N) is 4. The van der Waals surface area contributed by atoms with Gasteiger partial charge in [-0.3, -0.25) is 9.59 Å². The third-order valence-electron chi connectivity index (χ3n) is 13.6. The third-order valence-corrected chi connectivity index (χ3v) is 13.6. The topological polar surface area (TPSA) is 175 Å². The zero-order valence-electron chi connectivity index (χ0n) is 36.7. The van der Waals surface area contributed by atoms with Crippen molar-refractivity contribution in [3.05, 3.63) is 144 Å². The molecular weight excluding hydrogens is 833 g/mol. The van der Waals surface area contributed by atoms with Gasteiger partial charge in [0.05, 0.1) is 35.9 Å². The van der Waals surface area contributed by atoms with Crippen LogP contribution in [0.4, 0.5) is 9.59 Å². The van der Waals surface area contributed by atoms with Gasteiger partial charge in [0, 0.05) is 13.1 Å². The smallest absolute Gasteiger partial charge is 0.408 e. The first-order valence-corrected chi connectivity index (χ1v) is 23.3. The lowest BCUT2D eigenvalue weighted by Crippen LogP contribution is -2.44. The van der Waals surface area contributed by atoms with E-state index < -0.39 is 24.3 Å². The quantitative estimate of drug-likeness (QED) is 0.0887. The van der Waals surface area contributed by atoms with Crippen molar-refractivity contribution in [2.24, 2.45) is 0 Å². The number of carbonyl (C=O) groups is 4. The maximum Gasteiger partial charge on any atom is 0.408 e. The summed E-state index contributed by atoms with van der Waals surface area (Å²) < 4.78 is 11.1. The highest BCUT2D eigenvalue weighted by molar-refractivity contribution is 5.88. The van der Waals surface area contributed by atoms with Gasteiger partial charge in [0.25, 0.3) is 11.8 Å². The van der Waals surface area contributed by atoms with Gasteiger partial charge >= 0.3 is 12.2 Å². The Hall–Kier alpha value is -7.22. The molecule has 2 aromatic heterocycles. The Morgan fingerprint density at radius 2 is 0.879 bits per heavy atom. The second-order valence-electron chi connectivity index (χ2n) is 17.8. The largest absolute Gasteiger partial charge is 0.446 e. The molecule has 4 fully saturated rings. The van der Waals surface area contributed by atoms with Crippen molar-refractivity contribution in [3.63, 3.8) is 0 Å². The van der Waals surface area contributed by atoms with Crippen molar-refractivity contribution in [1.29, 1.82) is 0 Å². The molecule has 4 amide bonds. The molecule has 4 atom stereocenters. The molecule has 2 aliphatic heterocycles. The number of carbonyl (C=O) groups excluding carboxylic acids is 4. The number of H-pyrrole nitrogens is 2. The van der Waals surface area contributed by atoms with Crippen LogP contribution in [0.1, 0.15) is 111 Å². The van der Waals surface area contributed by atoms with Crippen LogP contribution >= 0.6 is 0 Å². The number of alkyl carbamates (subject to hydrolysis) is 2. The number of hydrogen-bond donors (Lipinski definition) is 4. The van der Waals surface area contributed by atoms with Crippen LogP contribution in [0.3, 0.4) is 0 Å². The van der Waals surface area contributed by atoms with Crippen molar-refractivity contribution >= 4 is 24.0 Å². The summed E-state index contributed by atoms with van der Waals surface area (Å²) in [5.41, 5.74) is 7.16. The summed E-state index contributed by atoms with van der Waals surface area (Å²) in [5, 5.41) is 5.73. The maximum absolute atomic E-state index is 14.2. The number of nitrogens with one attached hydrogen (secondary N) is 4. The lowest BCUT2D eigenvalue weighted by molar-refractivity contribution is -0.135. The molecule has 2 saturated carbocycles. The van der Waals surface area contributed by atoms with Crippen molar-refractivity contribution in [3.8, 4) is 33.6 Å². The lowest BCUT2D eigenvalue weighted by Gasteiger charge is -2.30. The van der Waals surface area contributed by atoms with Crippen LogP contribution in [0.5, 0.6) is 0 Å². The molecule has 6 aromatic rings. The first-order valence-electron chi connectivity index (χ1n) is 23.3. The second kappa shape index (κ2) is 19.1. The minimum atomic E-state index is -0.870. The second-order valence-corrected chi connectivity index (χ2v) is 17.8. The number of aromatic nitrogens is 4. The van der Waals surface area contributed by atoms with Gasteiger partial charge in [-0.2, -0.15) is 0 Å². The van der Waals surface area contributed by atoms with Gasteiger partial charge in [0.2, 0.25) is 0 Å². The van der Waals surface area contributed by atoms with Crippen LogP contribution in [0.15, 0.2) is 122 Å². The molecule has 4 aromatic carbocycles. The molecule has 0 spiro atoms. The summed E-state index contributed by atoms with van der Waals surface area (Å²) in [5.74, 6) is 1.05. The van der Waals surface area contributed by atoms with Crippen LogP contribution in [0.2, 0.25) is 0 Å². The molecule has 66 heavy (non-hydrogen) atoms. The Balaban J connectivity index is 0.786. The Kier molecular flexibility index (Phi) is 12.4. The van der Waals surface area contributed by atoms with Gasteiger partial charge in [-0.1, -0.05) is 109 Å². The van der Waals surface area contributed by atoms with E-state index in [2.05, 4.69) is 69.1 Å². The average molecular weight is 887 g/mol. The minimum Gasteiger partial charge on any atom is -0.446 e. The lowest BCUT2D eigenvalue weighted by atomic mass is 9.96. The van der Waals surface area contributed by atoms with E-state index in [-0.39, 0.29) is 36.1 Å². The van der Waals surface area contributed by atoms with E-state index in [4.69, 9.17) is 19.4 Å². The summed E-state index contributed by atoms with van der Waals surface area (Å²) in [6.45, 7) is 1.12. The summed E-state index contributed by atoms with van der Waals surface area (Å²) in [6.07, 6.45) is 10.9. The van der Waals surface area contributed by atoms with E-state index in [0.717, 1.165) is 97.8 Å². The molecule has 338 valence electrons. The molecule has 0 radical (unpaired) electrons. The third kappa shape index (κ3) is 9.17. The number of imidazole rings is 2. The number of ether oxygens (including phenoxy) is 2. The van der Waals surface area contributed by atoms with Gasteiger partial charge in [0.15, 0.2) is 0 Å². The molecule has 14 nitrogen and oxygen atoms in total. The molecule has 0 bridgehead atoms. The van der Waals surface area contributed by atoms with Crippen LogP contribution in [0.25, 0.3) is 33.6 Å². The molecular formula is C52H54N8O6. The molecule has 2 aliphatic carbocycles. The van der Waals surface area contributed by atoms with Gasteiger partial charge in [-0.25, -0.2) is 19.6 Å². The molecule has 2 saturated heterocycles. The molecule has 4 heterocycles. The fourth-order valence-corrected chi connectivity index (χ4v) is 9.40. The van der Waals surface area contributed by atoms with Crippen LogP contribution in [-0.4, -0.2) is 79.0 Å². The van der Waals surface area contributed by atoms with E-state index in [9.17, 15) is 19.2 Å². The zero-order valence-corrected chi connectivity index (χ0v) is 36.7. The van der Waals surface area contributed by atoms with E-state index in [1.807, 2.05) is 82.9 Å². The number of likely N-dealkylation sites (tertiary alicyclic amines) is 2. The fraction of sp³-hybridized carbons (Fsp3) is 0.346. The van der Waals surface area contributed by atoms with E-state index in [0.29, 0.717) is 35.9 Å². The normalized spacial score (nSPS) is 19.3. The molecule has 4 N–H and O–H groups in total. The first kappa shape index (κ1) is 42.7. The van der Waals surface area contributed by atoms with Crippen molar-refractivity contribution in [1.82, 2.24) is 40.4 Å². The van der Waals surface area contributed by atoms with Gasteiger partial charge in [-0.05, 0) is 97.6 Å². The molecule has 4 aliphatic rings. The number of amides is 4. The highest BCUT2D eigenvalue weighted by atomic mass is 16.6. The number of aromatic amines is 2. The van der Waals surface area contributed by atoms with E-state index >= 15 is 0 Å². The fourth-order valence-electron chi connectivity index (χ4n) is 9.40. The predicted molar refractivity (Wildman–Crippen MR) is 247 cm³/mol. The number of rotatable bonds is 13. The van der Waals surface area contributed by atoms with Gasteiger partial charge in [0.1, 0.15) is 35.9 Å². The van der Waals surface area contributed by atoms with Crippen LogP contribution in [-0.2, 0) is 19.1 Å². The SMILES string of the molecule is O=C(N[C@@H](C(=O)N1CCC[C@@H]1c1ncc(-c2ccc(-c3ccc(-c4cnc([C@@H]5CCCN5C(=O)[C@H](NC(=O)OC5CCC5)c5ccccc5)[nH]4)cc3)cc2)[nH]1)c1ccccc1)OC1CCC1. The number of benzene rings is 4. The zero-order chi connectivity index (χ0) is 45.0. The Morgan fingerprint density at radius 3 is 1.24 bits per heavy atom. The van der Waals surface area contributed by atoms with Gasteiger partial charge in [-0.15, -0.1) is 0 Å². The monoisotopic (exact) mass is 886 g/mol.